The van der Waals surface area contributed by atoms with E-state index in [4.69, 9.17) is 11.8 Å². The minimum Gasteiger partial charge on any atom is -0.299 e. The largest absolute Gasteiger partial charge is 0.299 e. The van der Waals surface area contributed by atoms with Crippen LogP contribution in [0, 0.1) is 29.7 Å². The van der Waals surface area contributed by atoms with Gasteiger partial charge in [-0.15, -0.1) is 0 Å². The summed E-state index contributed by atoms with van der Waals surface area (Å²) in [5, 5.41) is 8.98. The van der Waals surface area contributed by atoms with Gasteiger partial charge in [0, 0.05) is 25.9 Å². The number of nitrogens with zero attached hydrogens (tertiary/aromatic N) is 5. The van der Waals surface area contributed by atoms with Crippen LogP contribution in [-0.2, 0) is 13.1 Å². The normalized spacial score (nSPS) is 16.9. The third kappa shape index (κ3) is 7.97. The predicted molar refractivity (Wildman–Crippen MR) is 162 cm³/mol. The molecule has 42 heavy (non-hydrogen) atoms. The zero-order valence-electron chi connectivity index (χ0n) is 24.0. The fraction of sp³-hybridized carbons (Fsp3) is 0.400. The van der Waals surface area contributed by atoms with Crippen LogP contribution in [0.25, 0.3) is 4.85 Å². The second kappa shape index (κ2) is 14.1. The number of Topliss-reactive ketones (excluding diaryl/α,β-unsaturated/α-hetero) is 2. The average Bonchev–Trinajstić information content (AvgIpc) is 3.03. The van der Waals surface area contributed by atoms with E-state index in [0.29, 0.717) is 47.3 Å². The highest BCUT2D eigenvalue weighted by Crippen LogP contribution is 2.26. The number of nitriles is 1. The molecule has 1 aromatic heterocycles. The maximum absolute atomic E-state index is 13.1. The van der Waals surface area contributed by atoms with E-state index in [-0.39, 0.29) is 11.6 Å². The summed E-state index contributed by atoms with van der Waals surface area (Å²) in [7, 11) is 0. The monoisotopic (exact) mass is 559 g/mol. The lowest BCUT2D eigenvalue weighted by Gasteiger charge is -2.31. The van der Waals surface area contributed by atoms with Crippen molar-refractivity contribution < 1.29 is 9.59 Å². The Hall–Kier alpha value is -4.17. The number of piperidine rings is 2. The van der Waals surface area contributed by atoms with Gasteiger partial charge in [0.05, 0.1) is 18.2 Å². The van der Waals surface area contributed by atoms with Crippen LogP contribution in [0.4, 0.5) is 5.69 Å². The molecule has 0 aliphatic carbocycles. The van der Waals surface area contributed by atoms with Crippen molar-refractivity contribution in [1.29, 1.82) is 5.26 Å². The molecule has 0 N–H and O–H groups in total. The third-order valence-corrected chi connectivity index (χ3v) is 8.64. The molecule has 2 aliphatic heterocycles. The molecule has 2 fully saturated rings. The Kier molecular flexibility index (Phi) is 9.87. The van der Waals surface area contributed by atoms with Gasteiger partial charge in [-0.3, -0.25) is 19.4 Å². The molecule has 3 heterocycles. The van der Waals surface area contributed by atoms with Gasteiger partial charge in [0.2, 0.25) is 0 Å². The number of rotatable bonds is 10. The topological polar surface area (TPSA) is 81.7 Å². The number of likely N-dealkylation sites (tertiary alicyclic amines) is 2. The van der Waals surface area contributed by atoms with Crippen LogP contribution in [0.15, 0.2) is 66.7 Å². The minimum atomic E-state index is 0.0212. The Labute approximate surface area is 248 Å². The Morgan fingerprint density at radius 3 is 1.64 bits per heavy atom. The van der Waals surface area contributed by atoms with E-state index in [1.54, 1.807) is 18.2 Å². The van der Waals surface area contributed by atoms with Crippen molar-refractivity contribution in [2.24, 2.45) is 11.8 Å². The molecule has 2 aliphatic rings. The van der Waals surface area contributed by atoms with Crippen LogP contribution in [-0.4, -0.2) is 52.5 Å². The fourth-order valence-electron chi connectivity index (χ4n) is 6.05. The van der Waals surface area contributed by atoms with Crippen LogP contribution in [0.2, 0.25) is 0 Å². The lowest BCUT2D eigenvalue weighted by atomic mass is 9.90. The lowest BCUT2D eigenvalue weighted by Crippen LogP contribution is -2.34. The van der Waals surface area contributed by atoms with Crippen LogP contribution in [0.1, 0.15) is 76.2 Å². The second-order valence-corrected chi connectivity index (χ2v) is 11.7. The first kappa shape index (κ1) is 29.3. The predicted octanol–water partition coefficient (Wildman–Crippen LogP) is 6.47. The second-order valence-electron chi connectivity index (χ2n) is 11.7. The molecule has 2 saturated heterocycles. The average molecular weight is 560 g/mol. The van der Waals surface area contributed by atoms with Crippen molar-refractivity contribution in [3.8, 4) is 6.07 Å². The van der Waals surface area contributed by atoms with E-state index in [9.17, 15) is 9.59 Å². The van der Waals surface area contributed by atoms with Gasteiger partial charge >= 0.3 is 0 Å². The number of carbonyl (C=O) groups excluding carboxylic acids is 2. The van der Waals surface area contributed by atoms with Gasteiger partial charge in [-0.05, 0) is 99.1 Å². The van der Waals surface area contributed by atoms with E-state index in [1.165, 1.54) is 11.1 Å². The van der Waals surface area contributed by atoms with Crippen molar-refractivity contribution >= 4 is 17.3 Å². The summed E-state index contributed by atoms with van der Waals surface area (Å²) >= 11 is 0. The summed E-state index contributed by atoms with van der Waals surface area (Å²) in [6.07, 6.45) is 4.80. The lowest BCUT2D eigenvalue weighted by molar-refractivity contribution is 0.0916. The number of aromatic nitrogens is 1. The van der Waals surface area contributed by atoms with Crippen LogP contribution < -0.4 is 0 Å². The molecule has 0 saturated carbocycles. The Balaban J connectivity index is 1.05. The third-order valence-electron chi connectivity index (χ3n) is 8.64. The summed E-state index contributed by atoms with van der Waals surface area (Å²) in [5.41, 5.74) is 4.54. The quantitative estimate of drug-likeness (QED) is 0.209. The van der Waals surface area contributed by atoms with Crippen molar-refractivity contribution in [3.63, 3.8) is 0 Å². The smallest absolute Gasteiger partial charge is 0.187 e. The molecule has 0 unspecified atom stereocenters. The van der Waals surface area contributed by atoms with E-state index >= 15 is 0 Å². The molecule has 7 heteroatoms. The fourth-order valence-corrected chi connectivity index (χ4v) is 6.05. The maximum Gasteiger partial charge on any atom is 0.187 e. The molecule has 0 atom stereocenters. The number of pyridine rings is 1. The first-order chi connectivity index (χ1) is 20.5. The number of hydrogen-bond acceptors (Lipinski definition) is 6. The van der Waals surface area contributed by atoms with Gasteiger partial charge in [-0.2, -0.15) is 5.26 Å². The van der Waals surface area contributed by atoms with E-state index in [1.807, 2.05) is 48.5 Å². The molecule has 0 amide bonds. The van der Waals surface area contributed by atoms with Crippen LogP contribution >= 0.6 is 0 Å². The zero-order valence-corrected chi connectivity index (χ0v) is 24.0. The molecule has 3 aromatic rings. The summed E-state index contributed by atoms with van der Waals surface area (Å²) in [6, 6.07) is 22.9. The summed E-state index contributed by atoms with van der Waals surface area (Å²) in [5.74, 6) is 0.697. The van der Waals surface area contributed by atoms with E-state index < -0.39 is 0 Å². The van der Waals surface area contributed by atoms with Gasteiger partial charge in [0.25, 0.3) is 0 Å². The van der Waals surface area contributed by atoms with Crippen molar-refractivity contribution in [2.75, 3.05) is 26.2 Å². The molecule has 7 nitrogen and oxygen atoms in total. The summed E-state index contributed by atoms with van der Waals surface area (Å²) < 4.78 is 0. The number of benzene rings is 2. The zero-order chi connectivity index (χ0) is 29.3. The van der Waals surface area contributed by atoms with Gasteiger partial charge in [0.15, 0.2) is 17.3 Å². The molecule has 214 valence electrons. The Bertz CT molecular complexity index is 1340. The summed E-state index contributed by atoms with van der Waals surface area (Å²) in [4.78, 5) is 39.0. The maximum atomic E-state index is 13.1. The standard InChI is InChI=1S/C35H37N5O2/c1-37-31-11-9-30(10-12-31)25-40-19-15-27(16-20-40)22-35(42)33-4-2-3-32(38-33)34(41)21-26-13-17-39(18-14-26)24-29-7-5-28(23-36)6-8-29/h2-12,26-27H,13-22,24-25H2. The van der Waals surface area contributed by atoms with Gasteiger partial charge in [0.1, 0.15) is 11.4 Å². The van der Waals surface area contributed by atoms with Crippen molar-refractivity contribution in [2.45, 2.75) is 51.6 Å². The molecular weight excluding hydrogens is 522 g/mol. The molecular formula is C35H37N5O2. The molecule has 0 spiro atoms. The molecule has 0 bridgehead atoms. The molecule has 5 rings (SSSR count). The first-order valence-electron chi connectivity index (χ1n) is 14.9. The van der Waals surface area contributed by atoms with Gasteiger partial charge in [-0.25, -0.2) is 9.83 Å². The first-order valence-corrected chi connectivity index (χ1v) is 14.9. The highest BCUT2D eigenvalue weighted by Gasteiger charge is 2.25. The van der Waals surface area contributed by atoms with Crippen LogP contribution in [0.5, 0.6) is 0 Å². The van der Waals surface area contributed by atoms with E-state index in [2.05, 4.69) is 25.7 Å². The molecule has 2 aromatic carbocycles. The summed E-state index contributed by atoms with van der Waals surface area (Å²) in [6.45, 7) is 12.6. The SMILES string of the molecule is [C-]#[N+]c1ccc(CN2CCC(CC(=O)c3cccc(C(=O)CC4CCN(Cc5ccc(C#N)cc5)CC4)n3)CC2)cc1. The van der Waals surface area contributed by atoms with Crippen molar-refractivity contribution in [3.05, 3.63) is 106 Å². The number of ketones is 2. The number of hydrogen-bond donors (Lipinski definition) is 0. The highest BCUT2D eigenvalue weighted by atomic mass is 16.1. The van der Waals surface area contributed by atoms with Gasteiger partial charge in [-0.1, -0.05) is 42.5 Å². The molecule has 0 radical (unpaired) electrons. The van der Waals surface area contributed by atoms with E-state index in [0.717, 1.165) is 65.0 Å². The highest BCUT2D eigenvalue weighted by molar-refractivity contribution is 5.98. The van der Waals surface area contributed by atoms with Crippen LogP contribution in [0.3, 0.4) is 0 Å². The Morgan fingerprint density at radius 1 is 0.762 bits per heavy atom. The van der Waals surface area contributed by atoms with Crippen molar-refractivity contribution in [1.82, 2.24) is 14.8 Å². The Morgan fingerprint density at radius 2 is 1.21 bits per heavy atom. The minimum absolute atomic E-state index is 0.0212. The van der Waals surface area contributed by atoms with Gasteiger partial charge < -0.3 is 0 Å². The number of carbonyl (C=O) groups is 2.